The van der Waals surface area contributed by atoms with Gasteiger partial charge in [-0.15, -0.1) is 11.3 Å². The van der Waals surface area contributed by atoms with Gasteiger partial charge in [0, 0.05) is 17.0 Å². The van der Waals surface area contributed by atoms with Crippen LogP contribution in [0.1, 0.15) is 4.88 Å². The van der Waals surface area contributed by atoms with E-state index in [1.807, 2.05) is 11.4 Å². The Labute approximate surface area is 194 Å². The van der Waals surface area contributed by atoms with Crippen LogP contribution < -0.4 is 29.2 Å². The fourth-order valence-corrected chi connectivity index (χ4v) is 4.30. The van der Waals surface area contributed by atoms with Gasteiger partial charge in [-0.1, -0.05) is 6.07 Å². The molecule has 0 aliphatic carbocycles. The van der Waals surface area contributed by atoms with E-state index in [4.69, 9.17) is 18.9 Å². The fourth-order valence-electron chi connectivity index (χ4n) is 3.53. The first-order chi connectivity index (χ1) is 16.0. The van der Waals surface area contributed by atoms with Gasteiger partial charge < -0.3 is 24.3 Å². The standard InChI is InChI=1S/C24H22N2O6S/c1-29-15-8-9-16(18(13-15)31-3)25-22-21(20-6-5-11-33-20)23(27)26(24(22)28)14-7-10-17(30-2)19(12-14)32-4/h5-13,25H,1-4H3. The van der Waals surface area contributed by atoms with E-state index in [0.717, 1.165) is 4.90 Å². The molecule has 2 heterocycles. The lowest BCUT2D eigenvalue weighted by Crippen LogP contribution is -2.32. The molecule has 33 heavy (non-hydrogen) atoms. The van der Waals surface area contributed by atoms with Crippen LogP contribution in [-0.2, 0) is 9.59 Å². The summed E-state index contributed by atoms with van der Waals surface area (Å²) in [5.41, 5.74) is 1.33. The lowest BCUT2D eigenvalue weighted by molar-refractivity contribution is -0.120. The number of hydrogen-bond acceptors (Lipinski definition) is 8. The van der Waals surface area contributed by atoms with E-state index in [2.05, 4.69) is 5.32 Å². The lowest BCUT2D eigenvalue weighted by atomic mass is 10.1. The Kier molecular flexibility index (Phi) is 6.23. The summed E-state index contributed by atoms with van der Waals surface area (Å²) in [5, 5.41) is 4.97. The zero-order valence-corrected chi connectivity index (χ0v) is 19.3. The molecular weight excluding hydrogens is 444 g/mol. The highest BCUT2D eigenvalue weighted by Gasteiger charge is 2.41. The van der Waals surface area contributed by atoms with Crippen LogP contribution in [-0.4, -0.2) is 40.3 Å². The summed E-state index contributed by atoms with van der Waals surface area (Å²) in [6, 6.07) is 13.7. The SMILES string of the molecule is COc1ccc(NC2=C(c3cccs3)C(=O)N(c3ccc(OC)c(OC)c3)C2=O)c(OC)c1. The minimum atomic E-state index is -0.492. The minimum Gasteiger partial charge on any atom is -0.497 e. The first kappa shape index (κ1) is 22.2. The summed E-state index contributed by atoms with van der Waals surface area (Å²) >= 11 is 1.37. The summed E-state index contributed by atoms with van der Waals surface area (Å²) in [4.78, 5) is 28.9. The number of benzene rings is 2. The van der Waals surface area contributed by atoms with E-state index >= 15 is 0 Å². The normalized spacial score (nSPS) is 13.4. The van der Waals surface area contributed by atoms with E-state index in [1.54, 1.807) is 49.6 Å². The Hall–Kier alpha value is -3.98. The minimum absolute atomic E-state index is 0.153. The first-order valence-corrected chi connectivity index (χ1v) is 10.8. The van der Waals surface area contributed by atoms with Crippen molar-refractivity contribution in [1.29, 1.82) is 0 Å². The Balaban J connectivity index is 1.79. The second-order valence-corrected chi connectivity index (χ2v) is 7.85. The van der Waals surface area contributed by atoms with Gasteiger partial charge in [-0.2, -0.15) is 0 Å². The maximum absolute atomic E-state index is 13.6. The van der Waals surface area contributed by atoms with Crippen LogP contribution >= 0.6 is 11.3 Å². The predicted molar refractivity (Wildman–Crippen MR) is 126 cm³/mol. The quantitative estimate of drug-likeness (QED) is 0.499. The molecule has 1 N–H and O–H groups in total. The molecule has 0 saturated heterocycles. The summed E-state index contributed by atoms with van der Waals surface area (Å²) < 4.78 is 21.3. The number of thiophene rings is 1. The third-order valence-electron chi connectivity index (χ3n) is 5.15. The molecule has 0 atom stereocenters. The molecule has 0 bridgehead atoms. The largest absolute Gasteiger partial charge is 0.497 e. The smallest absolute Gasteiger partial charge is 0.282 e. The molecule has 2 amide bonds. The topological polar surface area (TPSA) is 86.3 Å². The molecule has 0 radical (unpaired) electrons. The molecule has 3 aromatic rings. The molecular formula is C24H22N2O6S. The van der Waals surface area contributed by atoms with Gasteiger partial charge in [0.2, 0.25) is 0 Å². The second-order valence-electron chi connectivity index (χ2n) is 6.90. The summed E-state index contributed by atoms with van der Waals surface area (Å²) in [6.45, 7) is 0. The van der Waals surface area contributed by atoms with Crippen molar-refractivity contribution in [2.24, 2.45) is 0 Å². The van der Waals surface area contributed by atoms with E-state index in [-0.39, 0.29) is 11.3 Å². The van der Waals surface area contributed by atoms with Crippen molar-refractivity contribution in [2.75, 3.05) is 38.7 Å². The Bertz CT molecular complexity index is 1240. The number of anilines is 2. The van der Waals surface area contributed by atoms with Crippen LogP contribution in [0.3, 0.4) is 0 Å². The van der Waals surface area contributed by atoms with Crippen molar-refractivity contribution in [3.8, 4) is 23.0 Å². The molecule has 0 fully saturated rings. The van der Waals surface area contributed by atoms with Crippen LogP contribution in [0.5, 0.6) is 23.0 Å². The van der Waals surface area contributed by atoms with Crippen LogP contribution in [0.4, 0.5) is 11.4 Å². The highest BCUT2D eigenvalue weighted by molar-refractivity contribution is 7.11. The van der Waals surface area contributed by atoms with Gasteiger partial charge in [0.15, 0.2) is 11.5 Å². The number of hydrogen-bond donors (Lipinski definition) is 1. The number of nitrogens with one attached hydrogen (secondary N) is 1. The molecule has 170 valence electrons. The molecule has 9 heteroatoms. The third-order valence-corrected chi connectivity index (χ3v) is 6.03. The number of amides is 2. The maximum atomic E-state index is 13.6. The highest BCUT2D eigenvalue weighted by Crippen LogP contribution is 2.40. The monoisotopic (exact) mass is 466 g/mol. The molecule has 1 aliphatic rings. The molecule has 2 aromatic carbocycles. The highest BCUT2D eigenvalue weighted by atomic mass is 32.1. The third kappa shape index (κ3) is 3.98. The van der Waals surface area contributed by atoms with E-state index in [9.17, 15) is 9.59 Å². The lowest BCUT2D eigenvalue weighted by Gasteiger charge is -2.18. The van der Waals surface area contributed by atoms with Crippen LogP contribution in [0.15, 0.2) is 59.6 Å². The Morgan fingerprint density at radius 3 is 2.18 bits per heavy atom. The van der Waals surface area contributed by atoms with Crippen molar-refractivity contribution < 1.29 is 28.5 Å². The molecule has 1 aliphatic heterocycles. The summed E-state index contributed by atoms with van der Waals surface area (Å²) in [6.07, 6.45) is 0. The van der Waals surface area contributed by atoms with Crippen LogP contribution in [0, 0.1) is 0 Å². The molecule has 0 saturated carbocycles. The maximum Gasteiger partial charge on any atom is 0.282 e. The van der Waals surface area contributed by atoms with Gasteiger partial charge >= 0.3 is 0 Å². The van der Waals surface area contributed by atoms with E-state index in [0.29, 0.717) is 39.2 Å². The molecule has 4 rings (SSSR count). The predicted octanol–water partition coefficient (Wildman–Crippen LogP) is 4.18. The van der Waals surface area contributed by atoms with Crippen molar-refractivity contribution in [3.63, 3.8) is 0 Å². The van der Waals surface area contributed by atoms with E-state index in [1.165, 1.54) is 32.7 Å². The van der Waals surface area contributed by atoms with Gasteiger partial charge in [-0.3, -0.25) is 9.59 Å². The number of methoxy groups -OCH3 is 4. The van der Waals surface area contributed by atoms with Gasteiger partial charge in [0.25, 0.3) is 11.8 Å². The summed E-state index contributed by atoms with van der Waals surface area (Å²) in [5.74, 6) is 1.04. The van der Waals surface area contributed by atoms with Crippen LogP contribution in [0.2, 0.25) is 0 Å². The number of rotatable bonds is 8. The average molecular weight is 467 g/mol. The van der Waals surface area contributed by atoms with Crippen molar-refractivity contribution >= 4 is 40.1 Å². The van der Waals surface area contributed by atoms with Crippen molar-refractivity contribution in [2.45, 2.75) is 0 Å². The van der Waals surface area contributed by atoms with Gasteiger partial charge in [-0.05, 0) is 35.7 Å². The van der Waals surface area contributed by atoms with Crippen molar-refractivity contribution in [3.05, 3.63) is 64.5 Å². The van der Waals surface area contributed by atoms with Gasteiger partial charge in [0.1, 0.15) is 17.2 Å². The number of carbonyl (C=O) groups is 2. The average Bonchev–Trinajstić information content (AvgIpc) is 3.45. The zero-order chi connectivity index (χ0) is 23.5. The number of nitrogens with zero attached hydrogens (tertiary/aromatic N) is 1. The van der Waals surface area contributed by atoms with Crippen molar-refractivity contribution in [1.82, 2.24) is 0 Å². The Morgan fingerprint density at radius 2 is 1.55 bits per heavy atom. The van der Waals surface area contributed by atoms with Gasteiger partial charge in [0.05, 0.1) is 45.4 Å². The first-order valence-electron chi connectivity index (χ1n) is 9.90. The second kappa shape index (κ2) is 9.25. The van der Waals surface area contributed by atoms with Gasteiger partial charge in [-0.25, -0.2) is 4.90 Å². The number of carbonyl (C=O) groups excluding carboxylic acids is 2. The molecule has 0 unspecified atom stereocenters. The van der Waals surface area contributed by atoms with Crippen LogP contribution in [0.25, 0.3) is 5.57 Å². The Morgan fingerprint density at radius 1 is 0.788 bits per heavy atom. The number of imide groups is 1. The number of ether oxygens (including phenoxy) is 4. The molecule has 1 aromatic heterocycles. The molecule has 8 nitrogen and oxygen atoms in total. The van der Waals surface area contributed by atoms with E-state index < -0.39 is 11.8 Å². The summed E-state index contributed by atoms with van der Waals surface area (Å²) in [7, 11) is 6.09. The fraction of sp³-hybridized carbons (Fsp3) is 0.167. The zero-order valence-electron chi connectivity index (χ0n) is 18.5. The molecule has 0 spiro atoms.